The van der Waals surface area contributed by atoms with E-state index in [4.69, 9.17) is 9.47 Å². The molecule has 0 aromatic heterocycles. The number of carbonyl (C=O) groups excluding carboxylic acids is 1. The van der Waals surface area contributed by atoms with E-state index in [1.807, 2.05) is 45.0 Å². The van der Waals surface area contributed by atoms with Gasteiger partial charge in [-0.1, -0.05) is 18.2 Å². The van der Waals surface area contributed by atoms with Crippen LogP contribution in [0, 0.1) is 0 Å². The van der Waals surface area contributed by atoms with Crippen molar-refractivity contribution in [3.8, 4) is 5.75 Å². The summed E-state index contributed by atoms with van der Waals surface area (Å²) in [7, 11) is 1.36. The number of hydrogen-bond acceptors (Lipinski definition) is 5. The van der Waals surface area contributed by atoms with Crippen LogP contribution in [0.2, 0.25) is 0 Å². The molecule has 0 aliphatic carbocycles. The molecule has 5 nitrogen and oxygen atoms in total. The molecule has 0 saturated heterocycles. The van der Waals surface area contributed by atoms with Crippen molar-refractivity contribution in [3.05, 3.63) is 29.8 Å². The molecule has 2 atom stereocenters. The Morgan fingerprint density at radius 3 is 2.77 bits per heavy atom. The first-order valence-electron chi connectivity index (χ1n) is 7.27. The molecular weight excluding hydrogens is 302 g/mol. The molecule has 1 aromatic rings. The molecule has 1 aromatic carbocycles. The van der Waals surface area contributed by atoms with E-state index in [0.717, 1.165) is 11.3 Å². The largest absolute Gasteiger partial charge is 0.598 e. The highest BCUT2D eigenvalue weighted by Crippen LogP contribution is 2.40. The van der Waals surface area contributed by atoms with Gasteiger partial charge in [-0.15, -0.1) is 4.72 Å². The number of carbonyl (C=O) groups is 1. The van der Waals surface area contributed by atoms with Crippen molar-refractivity contribution in [2.75, 3.05) is 13.7 Å². The Kier molecular flexibility index (Phi) is 5.04. The maximum atomic E-state index is 12.6. The van der Waals surface area contributed by atoms with Crippen molar-refractivity contribution < 1.29 is 18.8 Å². The number of fused-ring (bicyclic) bond motifs is 1. The molecule has 1 N–H and O–H groups in total. The first-order valence-corrected chi connectivity index (χ1v) is 8.42. The highest BCUT2D eigenvalue weighted by Gasteiger charge is 2.45. The average molecular weight is 325 g/mol. The number of rotatable bonds is 4. The Bertz CT molecular complexity index is 543. The maximum Gasteiger partial charge on any atom is 0.307 e. The molecule has 0 amide bonds. The van der Waals surface area contributed by atoms with Crippen LogP contribution in [-0.2, 0) is 26.4 Å². The van der Waals surface area contributed by atoms with Crippen molar-refractivity contribution in [2.24, 2.45) is 0 Å². The fourth-order valence-electron chi connectivity index (χ4n) is 2.43. The van der Waals surface area contributed by atoms with E-state index in [2.05, 4.69) is 4.72 Å². The monoisotopic (exact) mass is 325 g/mol. The number of benzene rings is 1. The minimum atomic E-state index is -1.31. The number of methoxy groups -OCH3 is 1. The van der Waals surface area contributed by atoms with Crippen LogP contribution in [0.25, 0.3) is 0 Å². The molecule has 0 spiro atoms. The molecular formula is C16H23NO4S. The summed E-state index contributed by atoms with van der Waals surface area (Å²) in [6.07, 6.45) is 0.673. The van der Waals surface area contributed by atoms with Gasteiger partial charge in [0.15, 0.2) is 0 Å². The third-order valence-corrected chi connectivity index (χ3v) is 5.40. The van der Waals surface area contributed by atoms with E-state index in [0.29, 0.717) is 13.0 Å². The fourth-order valence-corrected chi connectivity index (χ4v) is 3.38. The van der Waals surface area contributed by atoms with Crippen LogP contribution in [0.1, 0.15) is 39.2 Å². The minimum Gasteiger partial charge on any atom is -0.598 e. The molecule has 1 aliphatic rings. The summed E-state index contributed by atoms with van der Waals surface area (Å²) < 4.78 is 25.9. The zero-order chi connectivity index (χ0) is 16.4. The van der Waals surface area contributed by atoms with Crippen molar-refractivity contribution >= 4 is 17.3 Å². The highest BCUT2D eigenvalue weighted by molar-refractivity contribution is 7.90. The van der Waals surface area contributed by atoms with Crippen molar-refractivity contribution in [2.45, 2.75) is 43.9 Å². The molecule has 0 saturated carbocycles. The Balaban J connectivity index is 2.41. The van der Waals surface area contributed by atoms with E-state index in [1.54, 1.807) is 0 Å². The van der Waals surface area contributed by atoms with E-state index in [1.165, 1.54) is 7.11 Å². The van der Waals surface area contributed by atoms with Crippen LogP contribution < -0.4 is 9.46 Å². The lowest BCUT2D eigenvalue weighted by Gasteiger charge is -2.40. The lowest BCUT2D eigenvalue weighted by molar-refractivity contribution is -0.142. The maximum absolute atomic E-state index is 12.6. The third kappa shape index (κ3) is 3.56. The first kappa shape index (κ1) is 17.1. The van der Waals surface area contributed by atoms with Gasteiger partial charge in [-0.05, 0) is 26.8 Å². The van der Waals surface area contributed by atoms with Gasteiger partial charge in [0, 0.05) is 23.3 Å². The van der Waals surface area contributed by atoms with E-state index in [9.17, 15) is 9.35 Å². The predicted octanol–water partition coefficient (Wildman–Crippen LogP) is 2.28. The Hall–Kier alpha value is -1.24. The highest BCUT2D eigenvalue weighted by atomic mass is 32.2. The van der Waals surface area contributed by atoms with Crippen LogP contribution in [-0.4, -0.2) is 29.0 Å². The lowest BCUT2D eigenvalue weighted by Crippen LogP contribution is -2.54. The normalized spacial score (nSPS) is 22.4. The van der Waals surface area contributed by atoms with E-state index >= 15 is 0 Å². The van der Waals surface area contributed by atoms with Crippen LogP contribution in [0.4, 0.5) is 0 Å². The first-order chi connectivity index (χ1) is 10.3. The van der Waals surface area contributed by atoms with Crippen molar-refractivity contribution in [3.63, 3.8) is 0 Å². The molecule has 6 heteroatoms. The quantitative estimate of drug-likeness (QED) is 0.679. The summed E-state index contributed by atoms with van der Waals surface area (Å²) >= 11 is -1.31. The predicted molar refractivity (Wildman–Crippen MR) is 85.9 cm³/mol. The minimum absolute atomic E-state index is 0.117. The van der Waals surface area contributed by atoms with Crippen LogP contribution in [0.3, 0.4) is 0 Å². The molecule has 1 unspecified atom stereocenters. The summed E-state index contributed by atoms with van der Waals surface area (Å²) in [5.74, 6) is 0.381. The SMILES string of the molecule is COC(=O)C[C@]1(N[S+]([O-])C(C)(C)C)CCOc2ccccc21. The van der Waals surface area contributed by atoms with Gasteiger partial charge in [0.05, 0.1) is 20.1 Å². The zero-order valence-corrected chi connectivity index (χ0v) is 14.3. The van der Waals surface area contributed by atoms with Gasteiger partial charge in [-0.25, -0.2) is 0 Å². The molecule has 0 bridgehead atoms. The van der Waals surface area contributed by atoms with Crippen LogP contribution >= 0.6 is 0 Å². The Morgan fingerprint density at radius 2 is 2.14 bits per heavy atom. The van der Waals surface area contributed by atoms with Gasteiger partial charge in [-0.2, -0.15) is 0 Å². The summed E-state index contributed by atoms with van der Waals surface area (Å²) in [4.78, 5) is 11.9. The number of nitrogens with one attached hydrogen (secondary N) is 1. The third-order valence-electron chi connectivity index (χ3n) is 3.71. The van der Waals surface area contributed by atoms with Crippen LogP contribution in [0.15, 0.2) is 24.3 Å². The van der Waals surface area contributed by atoms with Gasteiger partial charge >= 0.3 is 5.97 Å². The Labute approximate surface area is 134 Å². The van der Waals surface area contributed by atoms with E-state index in [-0.39, 0.29) is 12.4 Å². The summed E-state index contributed by atoms with van der Waals surface area (Å²) in [5.41, 5.74) is 0.115. The fraction of sp³-hybridized carbons (Fsp3) is 0.562. The molecule has 122 valence electrons. The second-order valence-electron chi connectivity index (χ2n) is 6.41. The van der Waals surface area contributed by atoms with E-state index < -0.39 is 21.6 Å². The number of esters is 1. The molecule has 22 heavy (non-hydrogen) atoms. The van der Waals surface area contributed by atoms with Crippen molar-refractivity contribution in [1.29, 1.82) is 0 Å². The number of para-hydroxylation sites is 1. The van der Waals surface area contributed by atoms with Gasteiger partial charge in [0.25, 0.3) is 0 Å². The summed E-state index contributed by atoms with van der Waals surface area (Å²) in [6.45, 7) is 6.15. The average Bonchev–Trinajstić information content (AvgIpc) is 2.46. The standard InChI is InChI=1S/C16H23NO4S/c1-15(2,3)22(19)17-16(11-14(18)20-4)9-10-21-13-8-6-5-7-12(13)16/h5-8,17H,9-11H2,1-4H3/t16-,22?/m1/s1. The van der Waals surface area contributed by atoms with Gasteiger partial charge in [0.2, 0.25) is 0 Å². The molecule has 0 fully saturated rings. The second kappa shape index (κ2) is 6.48. The number of hydrogen-bond donors (Lipinski definition) is 1. The molecule has 0 radical (unpaired) electrons. The topological polar surface area (TPSA) is 70.6 Å². The smallest absolute Gasteiger partial charge is 0.307 e. The second-order valence-corrected chi connectivity index (χ2v) is 8.38. The van der Waals surface area contributed by atoms with Gasteiger partial charge in [-0.3, -0.25) is 4.79 Å². The molecule has 2 rings (SSSR count). The van der Waals surface area contributed by atoms with Gasteiger partial charge < -0.3 is 14.0 Å². The van der Waals surface area contributed by atoms with Gasteiger partial charge in [0.1, 0.15) is 16.0 Å². The lowest BCUT2D eigenvalue weighted by atomic mass is 9.82. The summed E-state index contributed by atoms with van der Waals surface area (Å²) in [5, 5.41) is 0. The molecule has 1 aliphatic heterocycles. The summed E-state index contributed by atoms with van der Waals surface area (Å²) in [6, 6.07) is 7.54. The van der Waals surface area contributed by atoms with Crippen molar-refractivity contribution in [1.82, 2.24) is 4.72 Å². The molecule has 1 heterocycles. The number of ether oxygens (including phenoxy) is 2. The Morgan fingerprint density at radius 1 is 1.45 bits per heavy atom. The zero-order valence-electron chi connectivity index (χ0n) is 13.5. The van der Waals surface area contributed by atoms with Crippen LogP contribution in [0.5, 0.6) is 5.75 Å².